The minimum absolute atomic E-state index is 0.0878. The highest BCUT2D eigenvalue weighted by Crippen LogP contribution is 2.34. The van der Waals surface area contributed by atoms with Crippen LogP contribution < -0.4 is 20.5 Å². The lowest BCUT2D eigenvalue weighted by Crippen LogP contribution is -2.37. The number of methoxy groups -OCH3 is 2. The minimum Gasteiger partial charge on any atom is -0.495 e. The van der Waals surface area contributed by atoms with Gasteiger partial charge in [0.05, 0.1) is 26.5 Å². The molecule has 0 saturated heterocycles. The molecule has 0 aliphatic rings. The van der Waals surface area contributed by atoms with Gasteiger partial charge in [-0.2, -0.15) is 4.31 Å². The fourth-order valence-corrected chi connectivity index (χ4v) is 2.92. The molecular weight excluding hydrogens is 298 g/mol. The number of nitrogen functional groups attached to an aromatic ring is 1. The van der Waals surface area contributed by atoms with Gasteiger partial charge in [0.15, 0.2) is 0 Å². The number of carbonyl (C=O) groups is 1. The van der Waals surface area contributed by atoms with Crippen molar-refractivity contribution in [3.05, 3.63) is 12.1 Å². The molecule has 0 radical (unpaired) electrons. The molecule has 1 aromatic rings. The number of nitrogens with two attached hydrogens (primary N) is 1. The van der Waals surface area contributed by atoms with Crippen molar-refractivity contribution in [2.75, 3.05) is 40.6 Å². The molecular formula is C12H19N3O5S. The van der Waals surface area contributed by atoms with Gasteiger partial charge >= 0.3 is 0 Å². The monoisotopic (exact) mass is 317 g/mol. The quantitative estimate of drug-likeness (QED) is 0.694. The van der Waals surface area contributed by atoms with Crippen LogP contribution in [-0.2, 0) is 14.8 Å². The summed E-state index contributed by atoms with van der Waals surface area (Å²) in [6, 6.07) is 2.63. The smallest absolute Gasteiger partial charge is 0.247 e. The average molecular weight is 317 g/mol. The van der Waals surface area contributed by atoms with Crippen molar-refractivity contribution in [3.8, 4) is 11.5 Å². The first-order chi connectivity index (χ1) is 9.77. The van der Waals surface area contributed by atoms with Gasteiger partial charge < -0.3 is 20.5 Å². The maximum Gasteiger partial charge on any atom is 0.247 e. The lowest BCUT2D eigenvalue weighted by molar-refractivity contribution is -0.120. The summed E-state index contributed by atoms with van der Waals surface area (Å²) in [5.41, 5.74) is 5.89. The van der Waals surface area contributed by atoms with Crippen LogP contribution in [0.2, 0.25) is 0 Å². The molecule has 21 heavy (non-hydrogen) atoms. The highest BCUT2D eigenvalue weighted by atomic mass is 32.2. The molecule has 0 unspecified atom stereocenters. The number of nitrogens with one attached hydrogen (secondary N) is 1. The fraction of sp³-hybridized carbons (Fsp3) is 0.417. The van der Waals surface area contributed by atoms with Gasteiger partial charge in [-0.15, -0.1) is 0 Å². The molecule has 9 heteroatoms. The van der Waals surface area contributed by atoms with Crippen molar-refractivity contribution in [3.63, 3.8) is 0 Å². The van der Waals surface area contributed by atoms with E-state index in [9.17, 15) is 13.2 Å². The van der Waals surface area contributed by atoms with E-state index in [-0.39, 0.29) is 22.9 Å². The van der Waals surface area contributed by atoms with Gasteiger partial charge in [-0.05, 0) is 6.07 Å². The first-order valence-corrected chi connectivity index (χ1v) is 7.40. The van der Waals surface area contributed by atoms with E-state index in [0.29, 0.717) is 5.75 Å². The van der Waals surface area contributed by atoms with Crippen LogP contribution in [-0.4, -0.2) is 53.5 Å². The summed E-state index contributed by atoms with van der Waals surface area (Å²) in [6.45, 7) is -0.312. The zero-order valence-electron chi connectivity index (χ0n) is 12.3. The molecule has 1 amide bonds. The summed E-state index contributed by atoms with van der Waals surface area (Å²) >= 11 is 0. The zero-order chi connectivity index (χ0) is 16.2. The Labute approximate surface area is 123 Å². The van der Waals surface area contributed by atoms with Gasteiger partial charge in [-0.1, -0.05) is 0 Å². The third-order valence-corrected chi connectivity index (χ3v) is 4.67. The highest BCUT2D eigenvalue weighted by Gasteiger charge is 2.27. The van der Waals surface area contributed by atoms with Gasteiger partial charge in [0, 0.05) is 20.2 Å². The first-order valence-electron chi connectivity index (χ1n) is 5.96. The number of carbonyl (C=O) groups excluding carboxylic acids is 1. The molecule has 1 aromatic carbocycles. The summed E-state index contributed by atoms with van der Waals surface area (Å²) < 4.78 is 36.0. The van der Waals surface area contributed by atoms with Crippen LogP contribution in [0.1, 0.15) is 0 Å². The van der Waals surface area contributed by atoms with Crippen molar-refractivity contribution in [1.82, 2.24) is 9.62 Å². The Balaban J connectivity index is 3.30. The van der Waals surface area contributed by atoms with E-state index in [2.05, 4.69) is 5.32 Å². The Bertz CT molecular complexity index is 630. The second-order valence-electron chi connectivity index (χ2n) is 4.18. The number of rotatable bonds is 6. The normalized spacial score (nSPS) is 11.3. The van der Waals surface area contributed by atoms with E-state index < -0.39 is 15.9 Å². The zero-order valence-corrected chi connectivity index (χ0v) is 13.2. The summed E-state index contributed by atoms with van der Waals surface area (Å²) in [4.78, 5) is 11.2. The lowest BCUT2D eigenvalue weighted by atomic mass is 10.3. The predicted octanol–water partition coefficient (Wildman–Crippen LogP) is -0.347. The number of ether oxygens (including phenoxy) is 2. The molecule has 0 spiro atoms. The van der Waals surface area contributed by atoms with Crippen LogP contribution in [0.3, 0.4) is 0 Å². The SMILES string of the molecule is CNC(=O)CN(C)S(=O)(=O)c1cc(N)c(OC)cc1OC. The topological polar surface area (TPSA) is 111 Å². The van der Waals surface area contributed by atoms with Gasteiger partial charge in [0.1, 0.15) is 16.4 Å². The number of benzene rings is 1. The summed E-state index contributed by atoms with van der Waals surface area (Å²) in [5.74, 6) is -0.0360. The molecule has 0 aromatic heterocycles. The summed E-state index contributed by atoms with van der Waals surface area (Å²) in [7, 11) is 1.55. The van der Waals surface area contributed by atoms with Gasteiger partial charge in [0.2, 0.25) is 15.9 Å². The number of anilines is 1. The van der Waals surface area contributed by atoms with E-state index in [0.717, 1.165) is 4.31 Å². The van der Waals surface area contributed by atoms with E-state index >= 15 is 0 Å². The predicted molar refractivity (Wildman–Crippen MR) is 77.8 cm³/mol. The highest BCUT2D eigenvalue weighted by molar-refractivity contribution is 7.89. The van der Waals surface area contributed by atoms with Crippen molar-refractivity contribution in [2.24, 2.45) is 0 Å². The maximum atomic E-state index is 12.5. The van der Waals surface area contributed by atoms with Crippen LogP contribution in [0.4, 0.5) is 5.69 Å². The number of hydrogen-bond donors (Lipinski definition) is 2. The van der Waals surface area contributed by atoms with Gasteiger partial charge in [0.25, 0.3) is 0 Å². The Hall–Kier alpha value is -2.00. The number of sulfonamides is 1. The Morgan fingerprint density at radius 3 is 2.33 bits per heavy atom. The summed E-state index contributed by atoms with van der Waals surface area (Å²) in [6.07, 6.45) is 0. The molecule has 8 nitrogen and oxygen atoms in total. The lowest BCUT2D eigenvalue weighted by Gasteiger charge is -2.19. The largest absolute Gasteiger partial charge is 0.495 e. The molecule has 0 heterocycles. The first kappa shape index (κ1) is 17.1. The van der Waals surface area contributed by atoms with Crippen LogP contribution in [0, 0.1) is 0 Å². The van der Waals surface area contributed by atoms with Crippen molar-refractivity contribution in [1.29, 1.82) is 0 Å². The van der Waals surface area contributed by atoms with Crippen molar-refractivity contribution < 1.29 is 22.7 Å². The van der Waals surface area contributed by atoms with E-state index in [4.69, 9.17) is 15.2 Å². The van der Waals surface area contributed by atoms with Crippen LogP contribution in [0.25, 0.3) is 0 Å². The van der Waals surface area contributed by atoms with Gasteiger partial charge in [-0.3, -0.25) is 4.79 Å². The van der Waals surface area contributed by atoms with Crippen LogP contribution in [0.15, 0.2) is 17.0 Å². The average Bonchev–Trinajstić information content (AvgIpc) is 2.46. The minimum atomic E-state index is -3.92. The molecule has 1 rings (SSSR count). The summed E-state index contributed by atoms with van der Waals surface area (Å²) in [5, 5.41) is 2.36. The number of likely N-dealkylation sites (N-methyl/N-ethyl adjacent to an activating group) is 2. The molecule has 0 bridgehead atoms. The van der Waals surface area contributed by atoms with Gasteiger partial charge in [-0.25, -0.2) is 8.42 Å². The molecule has 0 atom stereocenters. The Morgan fingerprint density at radius 2 is 1.86 bits per heavy atom. The maximum absolute atomic E-state index is 12.5. The number of nitrogens with zero attached hydrogens (tertiary/aromatic N) is 1. The number of amides is 1. The van der Waals surface area contributed by atoms with Crippen molar-refractivity contribution >= 4 is 21.6 Å². The second kappa shape index (κ2) is 6.64. The van der Waals surface area contributed by atoms with Crippen molar-refractivity contribution in [2.45, 2.75) is 4.90 Å². The molecule has 0 aliphatic heterocycles. The third-order valence-electron chi connectivity index (χ3n) is 2.85. The molecule has 0 saturated carbocycles. The Kier molecular flexibility index (Phi) is 5.39. The Morgan fingerprint density at radius 1 is 1.29 bits per heavy atom. The fourth-order valence-electron chi connectivity index (χ4n) is 1.63. The van der Waals surface area contributed by atoms with E-state index in [1.807, 2.05) is 0 Å². The van der Waals surface area contributed by atoms with Crippen LogP contribution in [0.5, 0.6) is 11.5 Å². The standard InChI is InChI=1S/C12H19N3O5S/c1-14-12(16)7-15(2)21(17,18)11-5-8(13)9(19-3)6-10(11)20-4/h5-6H,7,13H2,1-4H3,(H,14,16). The molecule has 0 aliphatic carbocycles. The van der Waals surface area contributed by atoms with Crippen LogP contribution >= 0.6 is 0 Å². The number of hydrogen-bond acceptors (Lipinski definition) is 6. The third kappa shape index (κ3) is 3.56. The molecule has 0 fully saturated rings. The molecule has 118 valence electrons. The second-order valence-corrected chi connectivity index (χ2v) is 6.19. The van der Waals surface area contributed by atoms with E-state index in [1.165, 1.54) is 40.4 Å². The molecule has 3 N–H and O–H groups in total. The van der Waals surface area contributed by atoms with E-state index in [1.54, 1.807) is 0 Å².